The molecule has 0 aromatic rings. The molecule has 0 aliphatic carbocycles. The van der Waals surface area contributed by atoms with Gasteiger partial charge < -0.3 is 20.1 Å². The lowest BCUT2D eigenvalue weighted by Gasteiger charge is -2.21. The number of nitrogens with zero attached hydrogens (tertiary/aromatic N) is 1. The third kappa shape index (κ3) is 2.82. The molecule has 12 heavy (non-hydrogen) atoms. The molecule has 0 saturated carbocycles. The van der Waals surface area contributed by atoms with E-state index in [0.29, 0.717) is 0 Å². The second kappa shape index (κ2) is 5.15. The maximum atomic E-state index is 10.1. The van der Waals surface area contributed by atoms with Crippen molar-refractivity contribution in [3.8, 4) is 0 Å². The van der Waals surface area contributed by atoms with Crippen LogP contribution >= 0.6 is 0 Å². The highest BCUT2D eigenvalue weighted by Gasteiger charge is 2.31. The fourth-order valence-corrected chi connectivity index (χ4v) is 0.708. The molecule has 2 unspecified atom stereocenters. The van der Waals surface area contributed by atoms with Crippen molar-refractivity contribution in [3.05, 3.63) is 4.91 Å². The van der Waals surface area contributed by atoms with Crippen molar-refractivity contribution in [3.63, 3.8) is 0 Å². The van der Waals surface area contributed by atoms with Gasteiger partial charge in [0.05, 0.1) is 6.10 Å². The molecule has 0 aromatic heterocycles. The average Bonchev–Trinajstić information content (AvgIpc) is 2.05. The van der Waals surface area contributed by atoms with Crippen LogP contribution in [-0.4, -0.2) is 47.0 Å². The molecule has 0 amide bonds. The van der Waals surface area contributed by atoms with E-state index in [-0.39, 0.29) is 0 Å². The number of methoxy groups -OCH3 is 1. The largest absolute Gasteiger partial charge is 0.391 e. The molecule has 3 N–H and O–H groups in total. The molecule has 6 heteroatoms. The summed E-state index contributed by atoms with van der Waals surface area (Å²) >= 11 is 0. The molecule has 0 saturated heterocycles. The summed E-state index contributed by atoms with van der Waals surface area (Å²) in [5.41, 5.74) is 0. The van der Waals surface area contributed by atoms with Crippen LogP contribution in [-0.2, 0) is 4.74 Å². The van der Waals surface area contributed by atoms with Gasteiger partial charge in [0.25, 0.3) is 0 Å². The van der Waals surface area contributed by atoms with E-state index < -0.39 is 24.5 Å². The monoisotopic (exact) mass is 179 g/mol. The van der Waals surface area contributed by atoms with Gasteiger partial charge in [-0.05, 0) is 6.92 Å². The maximum absolute atomic E-state index is 10.1. The van der Waals surface area contributed by atoms with Gasteiger partial charge in [-0.15, -0.1) is 0 Å². The van der Waals surface area contributed by atoms with Crippen LogP contribution in [0.2, 0.25) is 0 Å². The minimum atomic E-state index is -1.49. The predicted molar refractivity (Wildman–Crippen MR) is 40.3 cm³/mol. The number of ether oxygens (including phenoxy) is 1. The number of hydrogen-bond acceptors (Lipinski definition) is 6. The van der Waals surface area contributed by atoms with E-state index in [1.165, 1.54) is 6.92 Å². The quantitative estimate of drug-likeness (QED) is 0.364. The number of aliphatic hydroxyl groups is 3. The lowest BCUT2D eigenvalue weighted by Crippen LogP contribution is -2.42. The lowest BCUT2D eigenvalue weighted by atomic mass is 10.1. The topological polar surface area (TPSA) is 99.4 Å². The first-order valence-corrected chi connectivity index (χ1v) is 3.44. The Morgan fingerprint density at radius 1 is 1.33 bits per heavy atom. The Morgan fingerprint density at radius 2 is 1.83 bits per heavy atom. The molecular weight excluding hydrogens is 166 g/mol. The number of aliphatic hydroxyl groups excluding tert-OH is 3. The summed E-state index contributed by atoms with van der Waals surface area (Å²) in [6.07, 6.45) is -4.05. The van der Waals surface area contributed by atoms with Crippen LogP contribution in [0.1, 0.15) is 6.92 Å². The van der Waals surface area contributed by atoms with Crippen molar-refractivity contribution in [1.82, 2.24) is 0 Å². The molecular formula is C6H13NO5. The summed E-state index contributed by atoms with van der Waals surface area (Å²) < 4.78 is 4.37. The number of nitroso groups, excluding NO2 is 1. The molecule has 0 aliphatic rings. The van der Waals surface area contributed by atoms with Crippen LogP contribution in [0, 0.1) is 4.91 Å². The summed E-state index contributed by atoms with van der Waals surface area (Å²) in [6.45, 7) is 1.28. The molecule has 6 nitrogen and oxygen atoms in total. The Morgan fingerprint density at radius 3 is 2.08 bits per heavy atom. The normalized spacial score (nSPS) is 21.1. The van der Waals surface area contributed by atoms with Crippen LogP contribution in [0.15, 0.2) is 5.18 Å². The second-order valence-corrected chi connectivity index (χ2v) is 2.45. The van der Waals surface area contributed by atoms with E-state index in [1.54, 1.807) is 0 Å². The smallest absolute Gasteiger partial charge is 0.182 e. The zero-order valence-electron chi connectivity index (χ0n) is 6.91. The maximum Gasteiger partial charge on any atom is 0.182 e. The van der Waals surface area contributed by atoms with Gasteiger partial charge in [0.15, 0.2) is 12.3 Å². The molecule has 0 bridgehead atoms. The zero-order chi connectivity index (χ0) is 9.72. The Kier molecular flexibility index (Phi) is 4.91. The van der Waals surface area contributed by atoms with Gasteiger partial charge in [0.2, 0.25) is 0 Å². The molecule has 0 aliphatic heterocycles. The third-order valence-corrected chi connectivity index (χ3v) is 1.50. The van der Waals surface area contributed by atoms with Gasteiger partial charge in [-0.25, -0.2) is 0 Å². The third-order valence-electron chi connectivity index (χ3n) is 1.50. The predicted octanol–water partition coefficient (Wildman–Crippen LogP) is -1.17. The van der Waals surface area contributed by atoms with Gasteiger partial charge in [-0.2, -0.15) is 4.91 Å². The molecule has 4 atom stereocenters. The van der Waals surface area contributed by atoms with E-state index in [1.807, 2.05) is 0 Å². The summed E-state index contributed by atoms with van der Waals surface area (Å²) in [5.74, 6) is 0. The van der Waals surface area contributed by atoms with Crippen molar-refractivity contribution in [2.75, 3.05) is 7.11 Å². The van der Waals surface area contributed by atoms with Crippen molar-refractivity contribution >= 4 is 0 Å². The molecule has 0 heterocycles. The summed E-state index contributed by atoms with van der Waals surface area (Å²) in [4.78, 5) is 10.1. The van der Waals surface area contributed by atoms with E-state index in [4.69, 9.17) is 15.3 Å². The summed E-state index contributed by atoms with van der Waals surface area (Å²) in [6, 6.07) is -1.37. The van der Waals surface area contributed by atoms with Gasteiger partial charge in [-0.1, -0.05) is 5.18 Å². The van der Waals surface area contributed by atoms with E-state index in [2.05, 4.69) is 9.91 Å². The number of hydrogen-bond donors (Lipinski definition) is 3. The molecule has 0 rings (SSSR count). The van der Waals surface area contributed by atoms with E-state index in [0.717, 1.165) is 7.11 Å². The van der Waals surface area contributed by atoms with Crippen molar-refractivity contribution in [1.29, 1.82) is 0 Å². The SMILES string of the molecule is COC(O)C(N=O)[C@H](O)[C@@H](C)O. The molecule has 0 spiro atoms. The second-order valence-electron chi connectivity index (χ2n) is 2.45. The van der Waals surface area contributed by atoms with Crippen LogP contribution in [0.3, 0.4) is 0 Å². The van der Waals surface area contributed by atoms with Crippen LogP contribution in [0.5, 0.6) is 0 Å². The minimum Gasteiger partial charge on any atom is -0.391 e. The van der Waals surface area contributed by atoms with Gasteiger partial charge in [0, 0.05) is 7.11 Å². The molecule has 0 radical (unpaired) electrons. The van der Waals surface area contributed by atoms with Gasteiger partial charge >= 0.3 is 0 Å². The standard InChI is InChI=1S/C6H13NO5/c1-3(8)5(9)4(7-11)6(10)12-2/h3-6,8-10H,1-2H3/t3-,4?,5-,6?/m1/s1. The van der Waals surface area contributed by atoms with Crippen molar-refractivity contribution < 1.29 is 20.1 Å². The fraction of sp³-hybridized carbons (Fsp3) is 1.00. The first-order valence-electron chi connectivity index (χ1n) is 3.44. The Labute approximate surface area is 69.8 Å². The zero-order valence-corrected chi connectivity index (χ0v) is 6.91. The van der Waals surface area contributed by atoms with E-state index >= 15 is 0 Å². The average molecular weight is 179 g/mol. The van der Waals surface area contributed by atoms with Crippen LogP contribution < -0.4 is 0 Å². The summed E-state index contributed by atoms with van der Waals surface area (Å²) in [7, 11) is 1.16. The van der Waals surface area contributed by atoms with Gasteiger partial charge in [-0.3, -0.25) is 0 Å². The van der Waals surface area contributed by atoms with Crippen molar-refractivity contribution in [2.45, 2.75) is 31.5 Å². The molecule has 0 fully saturated rings. The Bertz CT molecular complexity index is 140. The fourth-order valence-electron chi connectivity index (χ4n) is 0.708. The first-order chi connectivity index (χ1) is 5.54. The minimum absolute atomic E-state index is 1.14. The number of rotatable bonds is 5. The van der Waals surface area contributed by atoms with Crippen molar-refractivity contribution in [2.24, 2.45) is 5.18 Å². The van der Waals surface area contributed by atoms with E-state index in [9.17, 15) is 4.91 Å². The molecule has 72 valence electrons. The highest BCUT2D eigenvalue weighted by atomic mass is 16.6. The Hall–Kier alpha value is -0.560. The Balaban J connectivity index is 4.23. The first kappa shape index (κ1) is 11.4. The highest BCUT2D eigenvalue weighted by molar-refractivity contribution is 4.81. The van der Waals surface area contributed by atoms with Crippen LogP contribution in [0.25, 0.3) is 0 Å². The van der Waals surface area contributed by atoms with Gasteiger partial charge in [0.1, 0.15) is 6.10 Å². The lowest BCUT2D eigenvalue weighted by molar-refractivity contribution is -0.126. The molecule has 0 aromatic carbocycles. The highest BCUT2D eigenvalue weighted by Crippen LogP contribution is 2.09. The summed E-state index contributed by atoms with van der Waals surface area (Å²) in [5, 5.41) is 29.4. The van der Waals surface area contributed by atoms with Crippen LogP contribution in [0.4, 0.5) is 0 Å².